The lowest BCUT2D eigenvalue weighted by molar-refractivity contribution is 0.145. The molecular formula is C24H31N5O2. The third-order valence-corrected chi connectivity index (χ3v) is 6.14. The highest BCUT2D eigenvalue weighted by atomic mass is 16.5. The second kappa shape index (κ2) is 9.24. The second-order valence-electron chi connectivity index (χ2n) is 8.71. The molecule has 1 aliphatic heterocycles. The van der Waals surface area contributed by atoms with Crippen molar-refractivity contribution < 1.29 is 9.47 Å². The van der Waals surface area contributed by atoms with Crippen molar-refractivity contribution in [1.82, 2.24) is 24.4 Å². The molecule has 1 aliphatic carbocycles. The minimum atomic E-state index is 0.634. The number of aromatic nitrogens is 3. The normalized spacial score (nSPS) is 17.8. The van der Waals surface area contributed by atoms with Crippen molar-refractivity contribution in [3.05, 3.63) is 42.6 Å². The number of benzene rings is 1. The molecule has 2 aromatic heterocycles. The van der Waals surface area contributed by atoms with Crippen molar-refractivity contribution in [3.63, 3.8) is 0 Å². The van der Waals surface area contributed by atoms with Crippen molar-refractivity contribution in [2.24, 2.45) is 5.92 Å². The Morgan fingerprint density at radius 1 is 0.968 bits per heavy atom. The van der Waals surface area contributed by atoms with E-state index in [1.807, 2.05) is 35.0 Å². The topological polar surface area (TPSA) is 55.1 Å². The first kappa shape index (κ1) is 20.3. The quantitative estimate of drug-likeness (QED) is 0.495. The molecule has 0 bridgehead atoms. The zero-order valence-electron chi connectivity index (χ0n) is 18.2. The highest BCUT2D eigenvalue weighted by Gasteiger charge is 2.21. The average Bonchev–Trinajstić information content (AvgIpc) is 3.54. The molecular weight excluding hydrogens is 390 g/mol. The molecule has 7 heteroatoms. The van der Waals surface area contributed by atoms with Gasteiger partial charge in [0.05, 0.1) is 25.1 Å². The van der Waals surface area contributed by atoms with Crippen molar-refractivity contribution in [3.8, 4) is 22.9 Å². The van der Waals surface area contributed by atoms with Crippen molar-refractivity contribution in [2.45, 2.75) is 19.3 Å². The molecule has 0 atom stereocenters. The second-order valence-corrected chi connectivity index (χ2v) is 8.71. The van der Waals surface area contributed by atoms with Crippen LogP contribution in [0.3, 0.4) is 0 Å². The molecule has 0 unspecified atom stereocenters. The van der Waals surface area contributed by atoms with Crippen LogP contribution < -0.4 is 9.47 Å². The van der Waals surface area contributed by atoms with E-state index in [0.717, 1.165) is 74.3 Å². The van der Waals surface area contributed by atoms with Gasteiger partial charge < -0.3 is 19.3 Å². The van der Waals surface area contributed by atoms with E-state index in [9.17, 15) is 0 Å². The van der Waals surface area contributed by atoms with Gasteiger partial charge in [0.2, 0.25) is 5.88 Å². The van der Waals surface area contributed by atoms with E-state index in [4.69, 9.17) is 9.47 Å². The highest BCUT2D eigenvalue weighted by molar-refractivity contribution is 5.63. The number of hydrogen-bond donors (Lipinski definition) is 0. The number of imidazole rings is 1. The maximum atomic E-state index is 5.95. The summed E-state index contributed by atoms with van der Waals surface area (Å²) in [6.07, 6.45) is 5.46. The number of nitrogens with zero attached hydrogens (tertiary/aromatic N) is 5. The van der Waals surface area contributed by atoms with E-state index >= 15 is 0 Å². The Bertz CT molecular complexity index is 991. The fraction of sp³-hybridized carbons (Fsp3) is 0.500. The van der Waals surface area contributed by atoms with Crippen molar-refractivity contribution >= 4 is 5.65 Å². The smallest absolute Gasteiger partial charge is 0.231 e. The molecule has 3 heterocycles. The molecule has 31 heavy (non-hydrogen) atoms. The van der Waals surface area contributed by atoms with Gasteiger partial charge in [0.25, 0.3) is 0 Å². The Kier molecular flexibility index (Phi) is 6.04. The predicted molar refractivity (Wildman–Crippen MR) is 121 cm³/mol. The van der Waals surface area contributed by atoms with E-state index in [1.165, 1.54) is 12.8 Å². The molecule has 0 amide bonds. The maximum Gasteiger partial charge on any atom is 0.231 e. The molecule has 1 saturated carbocycles. The van der Waals surface area contributed by atoms with Crippen LogP contribution in [0.2, 0.25) is 0 Å². The van der Waals surface area contributed by atoms with Crippen LogP contribution in [0.15, 0.2) is 42.6 Å². The van der Waals surface area contributed by atoms with Gasteiger partial charge in [-0.15, -0.1) is 5.10 Å². The Balaban J connectivity index is 1.19. The minimum Gasteiger partial charge on any atom is -0.493 e. The SMILES string of the molecule is CN1CCN(CCCOc2ccc3ncc(-c4ccc(OCC5CC5)cc4)n3n2)CC1. The lowest BCUT2D eigenvalue weighted by Crippen LogP contribution is -2.44. The van der Waals surface area contributed by atoms with Crippen LogP contribution in [0, 0.1) is 5.92 Å². The molecule has 3 aromatic rings. The van der Waals surface area contributed by atoms with E-state index in [0.29, 0.717) is 12.5 Å². The predicted octanol–water partition coefficient (Wildman–Crippen LogP) is 3.20. The van der Waals surface area contributed by atoms with Gasteiger partial charge in [-0.05, 0) is 62.6 Å². The molecule has 164 valence electrons. The van der Waals surface area contributed by atoms with Crippen LogP contribution in [0.4, 0.5) is 0 Å². The van der Waals surface area contributed by atoms with E-state index < -0.39 is 0 Å². The van der Waals surface area contributed by atoms with E-state index in [-0.39, 0.29) is 0 Å². The number of likely N-dealkylation sites (N-methyl/N-ethyl adjacent to an activating group) is 1. The van der Waals surface area contributed by atoms with Gasteiger partial charge in [-0.1, -0.05) is 0 Å². The molecule has 1 aromatic carbocycles. The van der Waals surface area contributed by atoms with Gasteiger partial charge >= 0.3 is 0 Å². The monoisotopic (exact) mass is 421 g/mol. The first-order chi connectivity index (χ1) is 15.2. The van der Waals surface area contributed by atoms with E-state index in [2.05, 4.69) is 39.1 Å². The summed E-state index contributed by atoms with van der Waals surface area (Å²) < 4.78 is 13.7. The van der Waals surface area contributed by atoms with Crippen LogP contribution in [-0.4, -0.2) is 77.4 Å². The van der Waals surface area contributed by atoms with Gasteiger partial charge in [0.1, 0.15) is 5.75 Å². The maximum absolute atomic E-state index is 5.95. The largest absolute Gasteiger partial charge is 0.493 e. The molecule has 2 fully saturated rings. The zero-order valence-corrected chi connectivity index (χ0v) is 18.2. The standard InChI is InChI=1S/C24H31N5O2/c1-27-12-14-28(15-13-27)11-2-16-30-24-10-9-23-25-17-22(29(23)26-24)20-5-7-21(8-6-20)31-18-19-3-4-19/h5-10,17,19H,2-4,11-16,18H2,1H3. The number of piperazine rings is 1. The first-order valence-electron chi connectivity index (χ1n) is 11.4. The Morgan fingerprint density at radius 3 is 2.55 bits per heavy atom. The van der Waals surface area contributed by atoms with Gasteiger partial charge in [-0.3, -0.25) is 0 Å². The molecule has 5 rings (SSSR count). The minimum absolute atomic E-state index is 0.634. The summed E-state index contributed by atoms with van der Waals surface area (Å²) in [6.45, 7) is 7.15. The number of ether oxygens (including phenoxy) is 2. The number of fused-ring (bicyclic) bond motifs is 1. The molecule has 2 aliphatic rings. The lowest BCUT2D eigenvalue weighted by atomic mass is 10.1. The van der Waals surface area contributed by atoms with Crippen LogP contribution >= 0.6 is 0 Å². The fourth-order valence-electron chi connectivity index (χ4n) is 3.89. The summed E-state index contributed by atoms with van der Waals surface area (Å²) in [5.74, 6) is 2.30. The van der Waals surface area contributed by atoms with Gasteiger partial charge in [-0.25, -0.2) is 9.50 Å². The van der Waals surface area contributed by atoms with Crippen molar-refractivity contribution in [1.29, 1.82) is 0 Å². The first-order valence-corrected chi connectivity index (χ1v) is 11.4. The van der Waals surface area contributed by atoms with E-state index in [1.54, 1.807) is 0 Å². The third kappa shape index (κ3) is 5.17. The van der Waals surface area contributed by atoms with Crippen LogP contribution in [0.25, 0.3) is 16.9 Å². The lowest BCUT2D eigenvalue weighted by Gasteiger charge is -2.32. The summed E-state index contributed by atoms with van der Waals surface area (Å²) in [5, 5.41) is 4.68. The number of hydrogen-bond acceptors (Lipinski definition) is 6. The summed E-state index contributed by atoms with van der Waals surface area (Å²) in [4.78, 5) is 9.38. The molecule has 0 spiro atoms. The highest BCUT2D eigenvalue weighted by Crippen LogP contribution is 2.30. The van der Waals surface area contributed by atoms with Gasteiger partial charge in [0.15, 0.2) is 5.65 Å². The molecule has 1 saturated heterocycles. The summed E-state index contributed by atoms with van der Waals surface area (Å²) in [5.41, 5.74) is 2.83. The number of rotatable bonds is 9. The Morgan fingerprint density at radius 2 is 1.77 bits per heavy atom. The summed E-state index contributed by atoms with van der Waals surface area (Å²) in [7, 11) is 2.18. The molecule has 7 nitrogen and oxygen atoms in total. The Hall–Kier alpha value is -2.64. The van der Waals surface area contributed by atoms with Crippen LogP contribution in [0.5, 0.6) is 11.6 Å². The average molecular weight is 422 g/mol. The fourth-order valence-corrected chi connectivity index (χ4v) is 3.89. The van der Waals surface area contributed by atoms with Crippen LogP contribution in [0.1, 0.15) is 19.3 Å². The van der Waals surface area contributed by atoms with Gasteiger partial charge in [-0.2, -0.15) is 0 Å². The Labute approximate surface area is 183 Å². The molecule has 0 N–H and O–H groups in total. The zero-order chi connectivity index (χ0) is 21.0. The van der Waals surface area contributed by atoms with Crippen LogP contribution in [-0.2, 0) is 0 Å². The third-order valence-electron chi connectivity index (χ3n) is 6.14. The molecule has 0 radical (unpaired) electrons. The van der Waals surface area contributed by atoms with Gasteiger partial charge in [0, 0.05) is 44.4 Å². The summed E-state index contributed by atoms with van der Waals surface area (Å²) in [6, 6.07) is 12.0. The van der Waals surface area contributed by atoms with Crippen molar-refractivity contribution in [2.75, 3.05) is 53.0 Å². The summed E-state index contributed by atoms with van der Waals surface area (Å²) >= 11 is 0.